The minimum Gasteiger partial charge on any atom is -0.321 e. The van der Waals surface area contributed by atoms with Crippen LogP contribution in [0.5, 0.6) is 0 Å². The molecule has 0 saturated carbocycles. The number of halogens is 2. The minimum atomic E-state index is -0.525. The predicted molar refractivity (Wildman–Crippen MR) is 68.3 cm³/mol. The summed E-state index contributed by atoms with van der Waals surface area (Å²) >= 11 is 5.63. The van der Waals surface area contributed by atoms with Crippen LogP contribution in [0.2, 0.25) is 5.02 Å². The summed E-state index contributed by atoms with van der Waals surface area (Å²) in [6, 6.07) is 7.45. The second-order valence-electron chi connectivity index (χ2n) is 3.80. The number of benzene rings is 1. The first-order valence-corrected chi connectivity index (χ1v) is 5.63. The number of carbonyl (C=O) groups is 1. The highest BCUT2D eigenvalue weighted by atomic mass is 35.5. The Labute approximate surface area is 109 Å². The van der Waals surface area contributed by atoms with Gasteiger partial charge in [0.15, 0.2) is 0 Å². The molecule has 0 aliphatic rings. The summed E-state index contributed by atoms with van der Waals surface area (Å²) in [5.41, 5.74) is 1.66. The lowest BCUT2D eigenvalue weighted by atomic mass is 10.2. The lowest BCUT2D eigenvalue weighted by Crippen LogP contribution is -2.13. The van der Waals surface area contributed by atoms with Gasteiger partial charge in [-0.25, -0.2) is 4.39 Å². The first-order chi connectivity index (χ1) is 8.56. The Morgan fingerprint density at radius 2 is 2.11 bits per heavy atom. The van der Waals surface area contributed by atoms with Gasteiger partial charge in [0.25, 0.3) is 5.91 Å². The van der Waals surface area contributed by atoms with Crippen molar-refractivity contribution in [3.63, 3.8) is 0 Å². The van der Waals surface area contributed by atoms with Gasteiger partial charge >= 0.3 is 0 Å². The van der Waals surface area contributed by atoms with Crippen LogP contribution in [0.1, 0.15) is 16.1 Å². The Bertz CT molecular complexity index is 601. The molecule has 0 atom stereocenters. The van der Waals surface area contributed by atoms with Crippen LogP contribution in [0, 0.1) is 12.7 Å². The molecule has 1 amide bonds. The van der Waals surface area contributed by atoms with Gasteiger partial charge in [0.05, 0.1) is 5.02 Å². The SMILES string of the molecule is Cc1ccnc(C(=O)Nc2ccc(F)c(Cl)c2)c1. The van der Waals surface area contributed by atoms with Crippen molar-refractivity contribution < 1.29 is 9.18 Å². The molecule has 0 radical (unpaired) electrons. The van der Waals surface area contributed by atoms with Gasteiger partial charge in [0, 0.05) is 11.9 Å². The largest absolute Gasteiger partial charge is 0.321 e. The lowest BCUT2D eigenvalue weighted by Gasteiger charge is -2.05. The number of nitrogens with zero attached hydrogens (tertiary/aromatic N) is 1. The van der Waals surface area contributed by atoms with Gasteiger partial charge in [-0.3, -0.25) is 9.78 Å². The van der Waals surface area contributed by atoms with E-state index in [2.05, 4.69) is 10.3 Å². The number of pyridine rings is 1. The molecule has 3 nitrogen and oxygen atoms in total. The van der Waals surface area contributed by atoms with Crippen LogP contribution < -0.4 is 5.32 Å². The molecule has 0 saturated heterocycles. The average molecular weight is 265 g/mol. The third-order valence-corrected chi connectivity index (χ3v) is 2.62. The molecule has 0 spiro atoms. The van der Waals surface area contributed by atoms with Crippen LogP contribution in [0.3, 0.4) is 0 Å². The third-order valence-electron chi connectivity index (χ3n) is 2.33. The molecule has 5 heteroatoms. The number of rotatable bonds is 2. The number of anilines is 1. The number of hydrogen-bond acceptors (Lipinski definition) is 2. The first-order valence-electron chi connectivity index (χ1n) is 5.25. The number of hydrogen-bond donors (Lipinski definition) is 1. The average Bonchev–Trinajstić information content (AvgIpc) is 2.34. The molecule has 0 unspecified atom stereocenters. The molecule has 1 aromatic heterocycles. The molecule has 2 aromatic rings. The van der Waals surface area contributed by atoms with E-state index in [1.165, 1.54) is 18.2 Å². The highest BCUT2D eigenvalue weighted by Crippen LogP contribution is 2.19. The molecule has 92 valence electrons. The van der Waals surface area contributed by atoms with Crippen molar-refractivity contribution >= 4 is 23.2 Å². The summed E-state index contributed by atoms with van der Waals surface area (Å²) in [5.74, 6) is -0.885. The Morgan fingerprint density at radius 1 is 1.33 bits per heavy atom. The maximum Gasteiger partial charge on any atom is 0.274 e. The highest BCUT2D eigenvalue weighted by molar-refractivity contribution is 6.31. The van der Waals surface area contributed by atoms with Gasteiger partial charge < -0.3 is 5.32 Å². The van der Waals surface area contributed by atoms with E-state index >= 15 is 0 Å². The van der Waals surface area contributed by atoms with Gasteiger partial charge in [-0.15, -0.1) is 0 Å². The smallest absolute Gasteiger partial charge is 0.274 e. The normalized spacial score (nSPS) is 10.2. The van der Waals surface area contributed by atoms with Crippen molar-refractivity contribution in [2.24, 2.45) is 0 Å². The first kappa shape index (κ1) is 12.5. The monoisotopic (exact) mass is 264 g/mol. The summed E-state index contributed by atoms with van der Waals surface area (Å²) in [6.45, 7) is 1.87. The van der Waals surface area contributed by atoms with Crippen molar-refractivity contribution in [3.8, 4) is 0 Å². The van der Waals surface area contributed by atoms with Crippen LogP contribution in [-0.4, -0.2) is 10.9 Å². The van der Waals surface area contributed by atoms with Crippen molar-refractivity contribution in [2.45, 2.75) is 6.92 Å². The van der Waals surface area contributed by atoms with Crippen LogP contribution in [-0.2, 0) is 0 Å². The Morgan fingerprint density at radius 3 is 2.78 bits per heavy atom. The molecular weight excluding hydrogens is 255 g/mol. The van der Waals surface area contributed by atoms with Crippen molar-refractivity contribution in [3.05, 3.63) is 58.6 Å². The number of aryl methyl sites for hydroxylation is 1. The molecule has 1 aromatic carbocycles. The Hall–Kier alpha value is -1.94. The third kappa shape index (κ3) is 2.84. The summed E-state index contributed by atoms with van der Waals surface area (Å²) in [4.78, 5) is 15.8. The number of aromatic nitrogens is 1. The van der Waals surface area contributed by atoms with Gasteiger partial charge in [-0.2, -0.15) is 0 Å². The Balaban J connectivity index is 2.18. The topological polar surface area (TPSA) is 42.0 Å². The molecule has 0 fully saturated rings. The van der Waals surface area contributed by atoms with E-state index in [0.29, 0.717) is 11.4 Å². The van der Waals surface area contributed by atoms with Crippen molar-refractivity contribution in [1.29, 1.82) is 0 Å². The fourth-order valence-corrected chi connectivity index (χ4v) is 1.61. The zero-order valence-corrected chi connectivity index (χ0v) is 10.3. The van der Waals surface area contributed by atoms with E-state index < -0.39 is 5.82 Å². The molecule has 0 aliphatic carbocycles. The quantitative estimate of drug-likeness (QED) is 0.903. The van der Waals surface area contributed by atoms with E-state index in [0.717, 1.165) is 5.56 Å². The highest BCUT2D eigenvalue weighted by Gasteiger charge is 2.08. The maximum atomic E-state index is 13.0. The molecule has 1 N–H and O–H groups in total. The van der Waals surface area contributed by atoms with E-state index in [1.807, 2.05) is 6.92 Å². The molecule has 18 heavy (non-hydrogen) atoms. The van der Waals surface area contributed by atoms with E-state index in [1.54, 1.807) is 18.3 Å². The minimum absolute atomic E-state index is 0.0370. The van der Waals surface area contributed by atoms with Crippen LogP contribution in [0.4, 0.5) is 10.1 Å². The Kier molecular flexibility index (Phi) is 3.58. The molecule has 2 rings (SSSR count). The predicted octanol–water partition coefficient (Wildman–Crippen LogP) is 3.43. The standard InChI is InChI=1S/C13H10ClFN2O/c1-8-4-5-16-12(6-8)13(18)17-9-2-3-11(15)10(14)7-9/h2-7H,1H3,(H,17,18). The van der Waals surface area contributed by atoms with E-state index in [9.17, 15) is 9.18 Å². The van der Waals surface area contributed by atoms with Crippen LogP contribution in [0.25, 0.3) is 0 Å². The van der Waals surface area contributed by atoms with Crippen LogP contribution >= 0.6 is 11.6 Å². The van der Waals surface area contributed by atoms with E-state index in [-0.39, 0.29) is 10.9 Å². The maximum absolute atomic E-state index is 13.0. The summed E-state index contributed by atoms with van der Waals surface area (Å²) in [5, 5.41) is 2.56. The van der Waals surface area contributed by atoms with Gasteiger partial charge in [0.1, 0.15) is 11.5 Å². The summed E-state index contributed by atoms with van der Waals surface area (Å²) in [6.07, 6.45) is 1.56. The van der Waals surface area contributed by atoms with Crippen molar-refractivity contribution in [1.82, 2.24) is 4.98 Å². The molecule has 0 aliphatic heterocycles. The second kappa shape index (κ2) is 5.14. The number of nitrogens with one attached hydrogen (secondary N) is 1. The molecule has 0 bridgehead atoms. The summed E-state index contributed by atoms with van der Waals surface area (Å²) < 4.78 is 13.0. The second-order valence-corrected chi connectivity index (χ2v) is 4.21. The molecular formula is C13H10ClFN2O. The van der Waals surface area contributed by atoms with Crippen molar-refractivity contribution in [2.75, 3.05) is 5.32 Å². The lowest BCUT2D eigenvalue weighted by molar-refractivity contribution is 0.102. The number of carbonyl (C=O) groups excluding carboxylic acids is 1. The fourth-order valence-electron chi connectivity index (χ4n) is 1.43. The van der Waals surface area contributed by atoms with E-state index in [4.69, 9.17) is 11.6 Å². The molecule has 1 heterocycles. The zero-order valence-electron chi connectivity index (χ0n) is 9.58. The zero-order chi connectivity index (χ0) is 13.1. The van der Waals surface area contributed by atoms with Gasteiger partial charge in [-0.05, 0) is 42.8 Å². The fraction of sp³-hybridized carbons (Fsp3) is 0.0769. The van der Waals surface area contributed by atoms with Gasteiger partial charge in [0.2, 0.25) is 0 Å². The summed E-state index contributed by atoms with van der Waals surface area (Å²) in [7, 11) is 0. The van der Waals surface area contributed by atoms with Gasteiger partial charge in [-0.1, -0.05) is 11.6 Å². The van der Waals surface area contributed by atoms with Crippen LogP contribution in [0.15, 0.2) is 36.5 Å². The number of amides is 1.